The normalized spacial score (nSPS) is 28.7. The molecule has 2 aliphatic heterocycles. The summed E-state index contributed by atoms with van der Waals surface area (Å²) >= 11 is 0. The van der Waals surface area contributed by atoms with Gasteiger partial charge in [-0.05, 0) is 30.2 Å². The minimum atomic E-state index is -0.958. The molecule has 6 nitrogen and oxygen atoms in total. The first kappa shape index (κ1) is 18.5. The summed E-state index contributed by atoms with van der Waals surface area (Å²) < 4.78 is 6.09. The van der Waals surface area contributed by atoms with Crippen molar-refractivity contribution in [3.05, 3.63) is 65.7 Å². The Morgan fingerprint density at radius 3 is 2.75 bits per heavy atom. The summed E-state index contributed by atoms with van der Waals surface area (Å²) in [5.74, 6) is 2.13. The van der Waals surface area contributed by atoms with Gasteiger partial charge in [0.15, 0.2) is 6.35 Å². The van der Waals surface area contributed by atoms with E-state index in [0.29, 0.717) is 19.6 Å². The van der Waals surface area contributed by atoms with E-state index in [0.717, 1.165) is 16.8 Å². The molecule has 1 amide bonds. The van der Waals surface area contributed by atoms with Crippen LogP contribution in [0.5, 0.6) is 0 Å². The molecule has 2 fully saturated rings. The standard InChI is InChI=1S/C22H23N3O3/c1-2-15-9-6-10-17(11-15)25-18-12-19(28-14-16-7-4-3-5-8-16)20(21(23)26)24(13-18)22(25)27/h1,3-11,18-20,22,27H,12-14H2,(H2,23,26). The lowest BCUT2D eigenvalue weighted by molar-refractivity contribution is -0.138. The Balaban J connectivity index is 1.58. The van der Waals surface area contributed by atoms with Crippen LogP contribution in [0.25, 0.3) is 0 Å². The van der Waals surface area contributed by atoms with E-state index in [1.165, 1.54) is 0 Å². The zero-order chi connectivity index (χ0) is 19.7. The minimum absolute atomic E-state index is 0.000558. The third-order valence-electron chi connectivity index (χ3n) is 5.48. The molecule has 0 saturated carbocycles. The van der Waals surface area contributed by atoms with Crippen molar-refractivity contribution in [3.8, 4) is 12.3 Å². The molecule has 2 bridgehead atoms. The highest BCUT2D eigenvalue weighted by Gasteiger charge is 2.52. The molecule has 0 aliphatic carbocycles. The van der Waals surface area contributed by atoms with E-state index < -0.39 is 24.4 Å². The molecule has 0 radical (unpaired) electrons. The molecule has 2 heterocycles. The Hall–Kier alpha value is -2.85. The number of carbonyl (C=O) groups excluding carboxylic acids is 1. The number of rotatable bonds is 5. The quantitative estimate of drug-likeness (QED) is 0.768. The number of anilines is 1. The topological polar surface area (TPSA) is 79.0 Å². The number of hydrogen-bond acceptors (Lipinski definition) is 5. The highest BCUT2D eigenvalue weighted by Crippen LogP contribution is 2.37. The zero-order valence-electron chi connectivity index (χ0n) is 15.4. The number of fused-ring (bicyclic) bond motifs is 2. The molecule has 5 atom stereocenters. The number of aliphatic hydroxyl groups excluding tert-OH is 1. The number of hydrogen-bond donors (Lipinski definition) is 2. The van der Waals surface area contributed by atoms with E-state index in [9.17, 15) is 9.90 Å². The van der Waals surface area contributed by atoms with Crippen LogP contribution >= 0.6 is 0 Å². The van der Waals surface area contributed by atoms with Gasteiger partial charge in [-0.15, -0.1) is 6.42 Å². The summed E-state index contributed by atoms with van der Waals surface area (Å²) in [7, 11) is 0. The van der Waals surface area contributed by atoms with Crippen LogP contribution in [-0.4, -0.2) is 47.0 Å². The third kappa shape index (κ3) is 3.36. The average molecular weight is 377 g/mol. The first-order chi connectivity index (χ1) is 13.6. The summed E-state index contributed by atoms with van der Waals surface area (Å²) in [5, 5.41) is 10.9. The molecule has 4 rings (SSSR count). The number of carbonyl (C=O) groups is 1. The lowest BCUT2D eigenvalue weighted by Gasteiger charge is -2.36. The molecule has 28 heavy (non-hydrogen) atoms. The summed E-state index contributed by atoms with van der Waals surface area (Å²) in [6.45, 7) is 0.929. The van der Waals surface area contributed by atoms with Crippen molar-refractivity contribution < 1.29 is 14.6 Å². The van der Waals surface area contributed by atoms with E-state index >= 15 is 0 Å². The number of amides is 1. The molecule has 2 aromatic carbocycles. The van der Waals surface area contributed by atoms with Gasteiger partial charge in [0, 0.05) is 23.8 Å². The van der Waals surface area contributed by atoms with Gasteiger partial charge in [-0.25, -0.2) is 4.90 Å². The molecular formula is C22H23N3O3. The van der Waals surface area contributed by atoms with Gasteiger partial charge in [0.2, 0.25) is 5.91 Å². The van der Waals surface area contributed by atoms with Crippen LogP contribution in [0.1, 0.15) is 17.5 Å². The van der Waals surface area contributed by atoms with E-state index in [2.05, 4.69) is 5.92 Å². The summed E-state index contributed by atoms with van der Waals surface area (Å²) in [5.41, 5.74) is 8.27. The van der Waals surface area contributed by atoms with E-state index in [1.54, 1.807) is 4.90 Å². The van der Waals surface area contributed by atoms with Crippen LogP contribution in [0.2, 0.25) is 0 Å². The summed E-state index contributed by atoms with van der Waals surface area (Å²) in [6, 6.07) is 16.6. The number of piperidine rings is 1. The molecule has 0 aromatic heterocycles. The molecule has 5 unspecified atom stereocenters. The molecule has 0 spiro atoms. The second-order valence-electron chi connectivity index (χ2n) is 7.22. The second kappa shape index (κ2) is 7.64. The molecule has 144 valence electrons. The van der Waals surface area contributed by atoms with Gasteiger partial charge in [-0.2, -0.15) is 0 Å². The van der Waals surface area contributed by atoms with E-state index in [1.807, 2.05) is 59.5 Å². The highest BCUT2D eigenvalue weighted by atomic mass is 16.5. The van der Waals surface area contributed by atoms with Crippen molar-refractivity contribution in [1.29, 1.82) is 0 Å². The predicted octanol–water partition coefficient (Wildman–Crippen LogP) is 1.28. The molecule has 2 saturated heterocycles. The Bertz CT molecular complexity index is 895. The van der Waals surface area contributed by atoms with Crippen LogP contribution in [0.4, 0.5) is 5.69 Å². The first-order valence-corrected chi connectivity index (χ1v) is 9.32. The van der Waals surface area contributed by atoms with Gasteiger partial charge in [0.25, 0.3) is 0 Å². The van der Waals surface area contributed by atoms with Crippen LogP contribution < -0.4 is 10.6 Å². The Morgan fingerprint density at radius 1 is 1.25 bits per heavy atom. The SMILES string of the molecule is C#Cc1cccc(N2C3CC(OCc4ccccc4)C(C(N)=O)N(C3)C2O)c1. The maximum atomic E-state index is 12.2. The lowest BCUT2D eigenvalue weighted by Crippen LogP contribution is -2.57. The van der Waals surface area contributed by atoms with Gasteiger partial charge >= 0.3 is 0 Å². The maximum absolute atomic E-state index is 12.2. The minimum Gasteiger partial charge on any atom is -0.371 e. The summed E-state index contributed by atoms with van der Waals surface area (Å²) in [6.07, 6.45) is 4.75. The first-order valence-electron chi connectivity index (χ1n) is 9.32. The maximum Gasteiger partial charge on any atom is 0.237 e. The van der Waals surface area contributed by atoms with Crippen molar-refractivity contribution >= 4 is 11.6 Å². The number of nitrogens with zero attached hydrogens (tertiary/aromatic N) is 2. The van der Waals surface area contributed by atoms with Crippen molar-refractivity contribution in [2.45, 2.75) is 37.6 Å². The molecule has 3 N–H and O–H groups in total. The fourth-order valence-corrected chi connectivity index (χ4v) is 4.21. The Kier molecular flexibility index (Phi) is 5.05. The van der Waals surface area contributed by atoms with Crippen LogP contribution in [0, 0.1) is 12.3 Å². The number of ether oxygens (including phenoxy) is 1. The molecule has 6 heteroatoms. The zero-order valence-corrected chi connectivity index (χ0v) is 15.4. The molecule has 2 aromatic rings. The Morgan fingerprint density at radius 2 is 2.04 bits per heavy atom. The average Bonchev–Trinajstić information content (AvgIpc) is 2.97. The van der Waals surface area contributed by atoms with Crippen molar-refractivity contribution in [3.63, 3.8) is 0 Å². The van der Waals surface area contributed by atoms with Crippen molar-refractivity contribution in [2.24, 2.45) is 5.73 Å². The fourth-order valence-electron chi connectivity index (χ4n) is 4.21. The largest absolute Gasteiger partial charge is 0.371 e. The summed E-state index contributed by atoms with van der Waals surface area (Å²) in [4.78, 5) is 15.8. The number of aliphatic hydroxyl groups is 1. The van der Waals surface area contributed by atoms with Gasteiger partial charge in [0.1, 0.15) is 6.04 Å². The predicted molar refractivity (Wildman–Crippen MR) is 106 cm³/mol. The highest BCUT2D eigenvalue weighted by molar-refractivity contribution is 5.81. The number of primary amides is 1. The van der Waals surface area contributed by atoms with E-state index in [-0.39, 0.29) is 6.04 Å². The molecule has 2 aliphatic rings. The van der Waals surface area contributed by atoms with E-state index in [4.69, 9.17) is 16.9 Å². The number of terminal acetylenes is 1. The van der Waals surface area contributed by atoms with Gasteiger partial charge in [-0.1, -0.05) is 42.3 Å². The number of nitrogens with two attached hydrogens (primary N) is 1. The van der Waals surface area contributed by atoms with Crippen molar-refractivity contribution in [1.82, 2.24) is 4.90 Å². The van der Waals surface area contributed by atoms with Gasteiger partial charge in [-0.3, -0.25) is 4.79 Å². The monoisotopic (exact) mass is 377 g/mol. The third-order valence-corrected chi connectivity index (χ3v) is 5.48. The fraction of sp³-hybridized carbons (Fsp3) is 0.318. The van der Waals surface area contributed by atoms with Gasteiger partial charge < -0.3 is 20.5 Å². The molecular weight excluding hydrogens is 354 g/mol. The van der Waals surface area contributed by atoms with Crippen LogP contribution in [-0.2, 0) is 16.1 Å². The van der Waals surface area contributed by atoms with Crippen LogP contribution in [0.3, 0.4) is 0 Å². The second-order valence-corrected chi connectivity index (χ2v) is 7.22. The van der Waals surface area contributed by atoms with Crippen LogP contribution in [0.15, 0.2) is 54.6 Å². The lowest BCUT2D eigenvalue weighted by atomic mass is 9.96. The van der Waals surface area contributed by atoms with Gasteiger partial charge in [0.05, 0.1) is 12.7 Å². The van der Waals surface area contributed by atoms with Crippen molar-refractivity contribution in [2.75, 3.05) is 11.4 Å². The number of benzene rings is 2. The smallest absolute Gasteiger partial charge is 0.237 e. The Labute approximate surface area is 164 Å².